The van der Waals surface area contributed by atoms with Gasteiger partial charge in [-0.05, 0) is 37.6 Å². The molecular weight excluding hydrogens is 248 g/mol. The topological polar surface area (TPSA) is 58.2 Å². The van der Waals surface area contributed by atoms with Crippen LogP contribution in [0.3, 0.4) is 0 Å². The first-order chi connectivity index (χ1) is 8.57. The summed E-state index contributed by atoms with van der Waals surface area (Å²) in [6.45, 7) is 3.18. The van der Waals surface area contributed by atoms with Crippen molar-refractivity contribution in [1.29, 1.82) is 0 Å². The van der Waals surface area contributed by atoms with Gasteiger partial charge in [-0.1, -0.05) is 31.2 Å². The van der Waals surface area contributed by atoms with Crippen molar-refractivity contribution in [2.24, 2.45) is 0 Å². The van der Waals surface area contributed by atoms with Crippen molar-refractivity contribution >= 4 is 10.0 Å². The van der Waals surface area contributed by atoms with E-state index in [-0.39, 0.29) is 5.75 Å². The Balaban J connectivity index is 2.43. The third-order valence-electron chi connectivity index (χ3n) is 2.77. The summed E-state index contributed by atoms with van der Waals surface area (Å²) in [7, 11) is -1.34. The first kappa shape index (κ1) is 15.1. The summed E-state index contributed by atoms with van der Waals surface area (Å²) in [5.74, 6) is 0.168. The van der Waals surface area contributed by atoms with E-state index < -0.39 is 10.0 Å². The molecule has 0 fully saturated rings. The van der Waals surface area contributed by atoms with E-state index in [0.717, 1.165) is 12.0 Å². The lowest BCUT2D eigenvalue weighted by Gasteiger charge is -2.07. The second kappa shape index (κ2) is 7.51. The predicted molar refractivity (Wildman–Crippen MR) is 75.0 cm³/mol. The molecule has 0 atom stereocenters. The highest BCUT2D eigenvalue weighted by Gasteiger charge is 2.08. The second-order valence-electron chi connectivity index (χ2n) is 4.27. The molecule has 0 heterocycles. The van der Waals surface area contributed by atoms with Gasteiger partial charge in [0.1, 0.15) is 0 Å². The lowest BCUT2D eigenvalue weighted by atomic mass is 10.1. The van der Waals surface area contributed by atoms with Crippen molar-refractivity contribution in [3.63, 3.8) is 0 Å². The maximum absolute atomic E-state index is 11.7. The normalized spacial score (nSPS) is 11.7. The number of aryl methyl sites for hydroxylation is 1. The van der Waals surface area contributed by atoms with Gasteiger partial charge in [-0.15, -0.1) is 0 Å². The van der Waals surface area contributed by atoms with E-state index in [1.54, 1.807) is 0 Å². The SMILES string of the molecule is CCc1ccc(CNS(=O)(=O)CCCNC)cc1. The molecular formula is C13H22N2O2S. The van der Waals surface area contributed by atoms with Gasteiger partial charge in [0.25, 0.3) is 0 Å². The Labute approximate surface area is 110 Å². The zero-order chi connectivity index (χ0) is 13.4. The zero-order valence-corrected chi connectivity index (χ0v) is 11.9. The van der Waals surface area contributed by atoms with E-state index in [9.17, 15) is 8.42 Å². The van der Waals surface area contributed by atoms with Gasteiger partial charge in [0.05, 0.1) is 5.75 Å². The molecule has 0 aliphatic rings. The second-order valence-corrected chi connectivity index (χ2v) is 6.19. The predicted octanol–water partition coefficient (Wildman–Crippen LogP) is 1.28. The average Bonchev–Trinajstić information content (AvgIpc) is 2.37. The van der Waals surface area contributed by atoms with Crippen LogP contribution in [-0.2, 0) is 23.0 Å². The molecule has 0 amide bonds. The average molecular weight is 270 g/mol. The van der Waals surface area contributed by atoms with Crippen LogP contribution >= 0.6 is 0 Å². The number of hydrogen-bond acceptors (Lipinski definition) is 3. The van der Waals surface area contributed by atoms with Gasteiger partial charge in [0, 0.05) is 6.54 Å². The standard InChI is InChI=1S/C13H22N2O2S/c1-3-12-5-7-13(8-6-12)11-15-18(16,17)10-4-9-14-2/h5-8,14-15H,3-4,9-11H2,1-2H3. The van der Waals surface area contributed by atoms with Crippen molar-refractivity contribution in [2.75, 3.05) is 19.3 Å². The van der Waals surface area contributed by atoms with Crippen LogP contribution in [0.15, 0.2) is 24.3 Å². The van der Waals surface area contributed by atoms with Crippen LogP contribution in [0.2, 0.25) is 0 Å². The quantitative estimate of drug-likeness (QED) is 0.700. The minimum Gasteiger partial charge on any atom is -0.320 e. The van der Waals surface area contributed by atoms with Crippen molar-refractivity contribution in [1.82, 2.24) is 10.0 Å². The molecule has 0 radical (unpaired) electrons. The first-order valence-electron chi connectivity index (χ1n) is 6.27. The minimum atomic E-state index is -3.16. The van der Waals surface area contributed by atoms with Crippen LogP contribution in [-0.4, -0.2) is 27.8 Å². The third kappa shape index (κ3) is 5.62. The molecule has 2 N–H and O–H groups in total. The fraction of sp³-hybridized carbons (Fsp3) is 0.538. The summed E-state index contributed by atoms with van der Waals surface area (Å²) in [4.78, 5) is 0. The minimum absolute atomic E-state index is 0.168. The molecule has 0 unspecified atom stereocenters. The van der Waals surface area contributed by atoms with E-state index in [1.165, 1.54) is 5.56 Å². The van der Waals surface area contributed by atoms with E-state index in [4.69, 9.17) is 0 Å². The van der Waals surface area contributed by atoms with Crippen LogP contribution < -0.4 is 10.0 Å². The summed E-state index contributed by atoms with van der Waals surface area (Å²) in [5, 5.41) is 2.93. The van der Waals surface area contributed by atoms with Crippen LogP contribution in [0.5, 0.6) is 0 Å². The molecule has 1 aromatic carbocycles. The largest absolute Gasteiger partial charge is 0.320 e. The van der Waals surface area contributed by atoms with E-state index in [0.29, 0.717) is 19.5 Å². The van der Waals surface area contributed by atoms with E-state index in [1.807, 2.05) is 31.3 Å². The van der Waals surface area contributed by atoms with Gasteiger partial charge in [-0.2, -0.15) is 0 Å². The summed E-state index contributed by atoms with van der Waals surface area (Å²) in [6, 6.07) is 8.00. The number of nitrogens with one attached hydrogen (secondary N) is 2. The maximum atomic E-state index is 11.7. The number of sulfonamides is 1. The Morgan fingerprint density at radius 1 is 1.11 bits per heavy atom. The van der Waals surface area contributed by atoms with E-state index >= 15 is 0 Å². The van der Waals surface area contributed by atoms with Gasteiger partial charge in [0.2, 0.25) is 10.0 Å². The van der Waals surface area contributed by atoms with Crippen molar-refractivity contribution < 1.29 is 8.42 Å². The number of rotatable bonds is 8. The molecule has 0 spiro atoms. The highest BCUT2D eigenvalue weighted by molar-refractivity contribution is 7.89. The molecule has 5 heteroatoms. The Morgan fingerprint density at radius 2 is 1.72 bits per heavy atom. The summed E-state index contributed by atoms with van der Waals surface area (Å²) in [6.07, 6.45) is 1.62. The highest BCUT2D eigenvalue weighted by Crippen LogP contribution is 2.05. The van der Waals surface area contributed by atoms with Crippen LogP contribution in [0.4, 0.5) is 0 Å². The molecule has 0 saturated heterocycles. The molecule has 4 nitrogen and oxygen atoms in total. The van der Waals surface area contributed by atoms with Crippen molar-refractivity contribution in [3.05, 3.63) is 35.4 Å². The first-order valence-corrected chi connectivity index (χ1v) is 7.92. The zero-order valence-electron chi connectivity index (χ0n) is 11.1. The smallest absolute Gasteiger partial charge is 0.211 e. The molecule has 0 aliphatic carbocycles. The fourth-order valence-electron chi connectivity index (χ4n) is 1.60. The number of hydrogen-bond donors (Lipinski definition) is 2. The summed E-state index contributed by atoms with van der Waals surface area (Å²) < 4.78 is 25.9. The van der Waals surface area contributed by atoms with Gasteiger partial charge in [-0.25, -0.2) is 13.1 Å². The summed E-state index contributed by atoms with van der Waals surface area (Å²) in [5.41, 5.74) is 2.25. The van der Waals surface area contributed by atoms with Gasteiger partial charge in [0.15, 0.2) is 0 Å². The Hall–Kier alpha value is -0.910. The van der Waals surface area contributed by atoms with E-state index in [2.05, 4.69) is 17.0 Å². The Bertz CT molecular complexity index is 441. The lowest BCUT2D eigenvalue weighted by molar-refractivity contribution is 0.577. The highest BCUT2D eigenvalue weighted by atomic mass is 32.2. The lowest BCUT2D eigenvalue weighted by Crippen LogP contribution is -2.27. The van der Waals surface area contributed by atoms with Gasteiger partial charge >= 0.3 is 0 Å². The van der Waals surface area contributed by atoms with Crippen LogP contribution in [0.1, 0.15) is 24.5 Å². The monoisotopic (exact) mass is 270 g/mol. The summed E-state index contributed by atoms with van der Waals surface area (Å²) >= 11 is 0. The van der Waals surface area contributed by atoms with Crippen LogP contribution in [0, 0.1) is 0 Å². The molecule has 0 aromatic heterocycles. The maximum Gasteiger partial charge on any atom is 0.211 e. The Morgan fingerprint density at radius 3 is 2.28 bits per heavy atom. The molecule has 1 rings (SSSR count). The molecule has 102 valence electrons. The van der Waals surface area contributed by atoms with Crippen LogP contribution in [0.25, 0.3) is 0 Å². The molecule has 0 aliphatic heterocycles. The van der Waals surface area contributed by atoms with Gasteiger partial charge < -0.3 is 5.32 Å². The molecule has 1 aromatic rings. The van der Waals surface area contributed by atoms with Crippen molar-refractivity contribution in [3.8, 4) is 0 Å². The fourth-order valence-corrected chi connectivity index (χ4v) is 2.65. The van der Waals surface area contributed by atoms with Gasteiger partial charge in [-0.3, -0.25) is 0 Å². The third-order valence-corrected chi connectivity index (χ3v) is 4.18. The number of benzene rings is 1. The Kier molecular flexibility index (Phi) is 6.32. The molecule has 0 bridgehead atoms. The van der Waals surface area contributed by atoms with Crippen molar-refractivity contribution in [2.45, 2.75) is 26.3 Å². The molecule has 18 heavy (non-hydrogen) atoms. The molecule has 0 saturated carbocycles.